The smallest absolute Gasteiger partial charge is 0.240 e. The number of nitrogens with zero attached hydrogens (tertiary/aromatic N) is 1. The SMILES string of the molecule is COc1ccccc1N1C(=O)[C@@H]2CC[C@@](C)(C1=O)C2(C)C. The van der Waals surface area contributed by atoms with Gasteiger partial charge in [-0.2, -0.15) is 0 Å². The Balaban J connectivity index is 2.14. The number of fused-ring (bicyclic) bond motifs is 2. The van der Waals surface area contributed by atoms with Crippen LogP contribution >= 0.6 is 0 Å². The van der Waals surface area contributed by atoms with Crippen LogP contribution in [0.4, 0.5) is 5.69 Å². The van der Waals surface area contributed by atoms with Crippen molar-refractivity contribution in [1.29, 1.82) is 0 Å². The van der Waals surface area contributed by atoms with E-state index in [4.69, 9.17) is 4.74 Å². The van der Waals surface area contributed by atoms with Gasteiger partial charge in [0.1, 0.15) is 5.75 Å². The Kier molecular flexibility index (Phi) is 2.91. The number of para-hydroxylation sites is 2. The summed E-state index contributed by atoms with van der Waals surface area (Å²) >= 11 is 0. The van der Waals surface area contributed by atoms with E-state index in [0.29, 0.717) is 11.4 Å². The van der Waals surface area contributed by atoms with Crippen LogP contribution in [0.1, 0.15) is 33.6 Å². The maximum absolute atomic E-state index is 13.0. The molecular formula is C17H21NO3. The van der Waals surface area contributed by atoms with Crippen molar-refractivity contribution in [3.8, 4) is 5.75 Å². The summed E-state index contributed by atoms with van der Waals surface area (Å²) in [6.07, 6.45) is 1.54. The predicted octanol–water partition coefficient (Wildman–Crippen LogP) is 3.01. The zero-order valence-corrected chi connectivity index (χ0v) is 13.0. The second kappa shape index (κ2) is 4.33. The molecule has 0 N–H and O–H groups in total. The Morgan fingerprint density at radius 2 is 1.86 bits per heavy atom. The lowest BCUT2D eigenvalue weighted by Crippen LogP contribution is -2.59. The van der Waals surface area contributed by atoms with E-state index in [1.165, 1.54) is 4.90 Å². The van der Waals surface area contributed by atoms with Crippen LogP contribution in [0.5, 0.6) is 5.75 Å². The van der Waals surface area contributed by atoms with Crippen molar-refractivity contribution in [3.05, 3.63) is 24.3 Å². The molecule has 2 amide bonds. The van der Waals surface area contributed by atoms with Gasteiger partial charge in [-0.3, -0.25) is 9.59 Å². The number of hydrogen-bond donors (Lipinski definition) is 0. The van der Waals surface area contributed by atoms with Crippen molar-refractivity contribution in [2.75, 3.05) is 12.0 Å². The van der Waals surface area contributed by atoms with Gasteiger partial charge < -0.3 is 4.74 Å². The van der Waals surface area contributed by atoms with Crippen LogP contribution in [0, 0.1) is 16.7 Å². The fraction of sp³-hybridized carbons (Fsp3) is 0.529. The number of carbonyl (C=O) groups is 2. The molecule has 4 nitrogen and oxygen atoms in total. The summed E-state index contributed by atoms with van der Waals surface area (Å²) in [6.45, 7) is 6.07. The molecule has 0 spiro atoms. The molecule has 21 heavy (non-hydrogen) atoms. The molecule has 0 radical (unpaired) electrons. The number of amides is 2. The highest BCUT2D eigenvalue weighted by Crippen LogP contribution is 2.60. The first kappa shape index (κ1) is 14.1. The highest BCUT2D eigenvalue weighted by Gasteiger charge is 2.64. The highest BCUT2D eigenvalue weighted by atomic mass is 16.5. The number of benzene rings is 1. The molecule has 1 saturated carbocycles. The van der Waals surface area contributed by atoms with Crippen molar-refractivity contribution in [2.24, 2.45) is 16.7 Å². The largest absolute Gasteiger partial charge is 0.495 e. The maximum atomic E-state index is 13.0. The van der Waals surface area contributed by atoms with E-state index in [0.717, 1.165) is 12.8 Å². The highest BCUT2D eigenvalue weighted by molar-refractivity contribution is 6.21. The molecule has 3 rings (SSSR count). The monoisotopic (exact) mass is 287 g/mol. The van der Waals surface area contributed by atoms with E-state index >= 15 is 0 Å². The molecule has 1 saturated heterocycles. The summed E-state index contributed by atoms with van der Waals surface area (Å²) in [5, 5.41) is 0. The molecule has 2 fully saturated rings. The molecule has 112 valence electrons. The Morgan fingerprint density at radius 3 is 2.52 bits per heavy atom. The van der Waals surface area contributed by atoms with Crippen LogP contribution in [-0.4, -0.2) is 18.9 Å². The molecular weight excluding hydrogens is 266 g/mol. The minimum atomic E-state index is -0.494. The van der Waals surface area contributed by atoms with Crippen molar-refractivity contribution < 1.29 is 14.3 Å². The molecule has 0 aromatic heterocycles. The first-order chi connectivity index (χ1) is 9.84. The molecule has 2 aliphatic rings. The van der Waals surface area contributed by atoms with Crippen LogP contribution in [0.25, 0.3) is 0 Å². The van der Waals surface area contributed by atoms with Crippen molar-refractivity contribution in [3.63, 3.8) is 0 Å². The van der Waals surface area contributed by atoms with Gasteiger partial charge in [0, 0.05) is 5.92 Å². The van der Waals surface area contributed by atoms with E-state index in [9.17, 15) is 9.59 Å². The summed E-state index contributed by atoms with van der Waals surface area (Å²) in [7, 11) is 1.55. The average molecular weight is 287 g/mol. The first-order valence-corrected chi connectivity index (χ1v) is 7.36. The second-order valence-electron chi connectivity index (χ2n) is 6.80. The normalized spacial score (nSPS) is 30.7. The standard InChI is InChI=1S/C17H21NO3/c1-16(2)11-9-10-17(16,3)15(20)18(14(11)19)12-7-5-6-8-13(12)21-4/h5-8,11H,9-10H2,1-4H3/t11-,17-/m0/s1. The van der Waals surface area contributed by atoms with E-state index in [1.54, 1.807) is 19.2 Å². The van der Waals surface area contributed by atoms with Gasteiger partial charge >= 0.3 is 0 Å². The third-order valence-corrected chi connectivity index (χ3v) is 5.75. The van der Waals surface area contributed by atoms with Gasteiger partial charge in [0.2, 0.25) is 11.8 Å². The van der Waals surface area contributed by atoms with Crippen LogP contribution in [0.15, 0.2) is 24.3 Å². The molecule has 0 unspecified atom stereocenters. The van der Waals surface area contributed by atoms with Crippen molar-refractivity contribution >= 4 is 17.5 Å². The topological polar surface area (TPSA) is 46.6 Å². The molecule has 1 aliphatic heterocycles. The Bertz CT molecular complexity index is 622. The number of imide groups is 1. The average Bonchev–Trinajstić information content (AvgIpc) is 2.64. The molecule has 4 heteroatoms. The van der Waals surface area contributed by atoms with Crippen LogP contribution in [0.2, 0.25) is 0 Å². The number of piperidine rings is 1. The van der Waals surface area contributed by atoms with Gasteiger partial charge in [-0.05, 0) is 30.4 Å². The van der Waals surface area contributed by atoms with Gasteiger partial charge in [0.05, 0.1) is 18.2 Å². The Labute approximate surface area is 125 Å². The lowest BCUT2D eigenvalue weighted by Gasteiger charge is -2.47. The van der Waals surface area contributed by atoms with Crippen molar-refractivity contribution in [1.82, 2.24) is 0 Å². The molecule has 1 aromatic rings. The minimum absolute atomic E-state index is 0.0931. The second-order valence-corrected chi connectivity index (χ2v) is 6.80. The molecule has 1 aliphatic carbocycles. The van der Waals surface area contributed by atoms with E-state index in [2.05, 4.69) is 0 Å². The number of hydrogen-bond acceptors (Lipinski definition) is 3. The van der Waals surface area contributed by atoms with Crippen LogP contribution in [0.3, 0.4) is 0 Å². The van der Waals surface area contributed by atoms with Gasteiger partial charge in [-0.25, -0.2) is 4.90 Å². The summed E-state index contributed by atoms with van der Waals surface area (Å²) in [5.41, 5.74) is -0.227. The third-order valence-electron chi connectivity index (χ3n) is 5.75. The number of rotatable bonds is 2. The summed E-state index contributed by atoms with van der Waals surface area (Å²) in [5.74, 6) is 0.257. The molecule has 1 aromatic carbocycles. The van der Waals surface area contributed by atoms with E-state index in [1.807, 2.05) is 32.9 Å². The molecule has 2 bridgehead atoms. The zero-order chi connectivity index (χ0) is 15.4. The van der Waals surface area contributed by atoms with E-state index < -0.39 is 5.41 Å². The lowest BCUT2D eigenvalue weighted by atomic mass is 9.62. The number of anilines is 1. The summed E-state index contributed by atoms with van der Waals surface area (Å²) < 4.78 is 5.32. The van der Waals surface area contributed by atoms with Crippen LogP contribution < -0.4 is 9.64 Å². The fourth-order valence-corrected chi connectivity index (χ4v) is 3.86. The maximum Gasteiger partial charge on any atom is 0.240 e. The zero-order valence-electron chi connectivity index (χ0n) is 13.0. The quantitative estimate of drug-likeness (QED) is 0.786. The Hall–Kier alpha value is -1.84. The third kappa shape index (κ3) is 1.62. The van der Waals surface area contributed by atoms with Crippen LogP contribution in [-0.2, 0) is 9.59 Å². The number of ether oxygens (including phenoxy) is 1. The molecule has 2 atom stereocenters. The number of methoxy groups -OCH3 is 1. The lowest BCUT2D eigenvalue weighted by molar-refractivity contribution is -0.146. The summed E-state index contributed by atoms with van der Waals surface area (Å²) in [4.78, 5) is 27.3. The van der Waals surface area contributed by atoms with Gasteiger partial charge in [-0.15, -0.1) is 0 Å². The minimum Gasteiger partial charge on any atom is -0.495 e. The van der Waals surface area contributed by atoms with Gasteiger partial charge in [0.25, 0.3) is 0 Å². The molecule has 1 heterocycles. The summed E-state index contributed by atoms with van der Waals surface area (Å²) in [6, 6.07) is 7.21. The van der Waals surface area contributed by atoms with Gasteiger partial charge in [0.15, 0.2) is 0 Å². The first-order valence-electron chi connectivity index (χ1n) is 7.36. The number of carbonyl (C=O) groups excluding carboxylic acids is 2. The van der Waals surface area contributed by atoms with Gasteiger partial charge in [-0.1, -0.05) is 32.9 Å². The van der Waals surface area contributed by atoms with E-state index in [-0.39, 0.29) is 23.1 Å². The Morgan fingerprint density at radius 1 is 1.19 bits per heavy atom. The fourth-order valence-electron chi connectivity index (χ4n) is 3.86. The predicted molar refractivity (Wildman–Crippen MR) is 80.1 cm³/mol. The van der Waals surface area contributed by atoms with Crippen molar-refractivity contribution in [2.45, 2.75) is 33.6 Å².